The third-order valence-electron chi connectivity index (χ3n) is 4.13. The van der Waals surface area contributed by atoms with Gasteiger partial charge in [0.25, 0.3) is 0 Å². The lowest BCUT2D eigenvalue weighted by molar-refractivity contribution is 0.303. The zero-order valence-corrected chi connectivity index (χ0v) is 15.1. The zero-order valence-electron chi connectivity index (χ0n) is 14.3. The van der Waals surface area contributed by atoms with Crippen molar-refractivity contribution in [2.75, 3.05) is 5.32 Å². The number of para-hydroxylation sites is 1. The van der Waals surface area contributed by atoms with Gasteiger partial charge >= 0.3 is 0 Å². The van der Waals surface area contributed by atoms with Gasteiger partial charge in [-0.05, 0) is 47.9 Å². The Labute approximate surface area is 154 Å². The van der Waals surface area contributed by atoms with Gasteiger partial charge in [0, 0.05) is 22.8 Å². The Hall–Kier alpha value is -2.45. The number of aryl methyl sites for hydroxylation is 1. The molecule has 0 saturated carbocycles. The van der Waals surface area contributed by atoms with Crippen LogP contribution in [-0.4, -0.2) is 0 Å². The van der Waals surface area contributed by atoms with E-state index in [1.165, 1.54) is 5.56 Å². The predicted octanol–water partition coefficient (Wildman–Crippen LogP) is 6.09. The molecule has 3 aromatic carbocycles. The molecule has 0 aliphatic carbocycles. The van der Waals surface area contributed by atoms with Crippen LogP contribution in [0.2, 0.25) is 5.02 Å². The van der Waals surface area contributed by atoms with Crippen molar-refractivity contribution in [3.63, 3.8) is 0 Å². The van der Waals surface area contributed by atoms with Crippen molar-refractivity contribution in [1.82, 2.24) is 0 Å². The molecule has 0 saturated heterocycles. The average Bonchev–Trinajstić information content (AvgIpc) is 2.67. The van der Waals surface area contributed by atoms with Gasteiger partial charge in [0.05, 0.1) is 0 Å². The second-order valence-electron chi connectivity index (χ2n) is 5.93. The van der Waals surface area contributed by atoms with Crippen molar-refractivity contribution in [2.45, 2.75) is 26.5 Å². The van der Waals surface area contributed by atoms with Crippen LogP contribution in [0, 0.1) is 0 Å². The summed E-state index contributed by atoms with van der Waals surface area (Å²) in [5, 5.41) is 4.20. The third kappa shape index (κ3) is 5.01. The van der Waals surface area contributed by atoms with E-state index in [9.17, 15) is 0 Å². The number of halogens is 1. The van der Waals surface area contributed by atoms with E-state index in [4.69, 9.17) is 16.3 Å². The lowest BCUT2D eigenvalue weighted by Gasteiger charge is -2.13. The Morgan fingerprint density at radius 3 is 2.24 bits per heavy atom. The molecule has 0 fully saturated rings. The predicted molar refractivity (Wildman–Crippen MR) is 105 cm³/mol. The molecule has 0 aliphatic rings. The highest BCUT2D eigenvalue weighted by Crippen LogP contribution is 2.21. The minimum Gasteiger partial charge on any atom is -0.489 e. The van der Waals surface area contributed by atoms with E-state index in [0.29, 0.717) is 6.61 Å². The summed E-state index contributed by atoms with van der Waals surface area (Å²) in [5.41, 5.74) is 4.69. The van der Waals surface area contributed by atoms with E-state index in [1.807, 2.05) is 42.5 Å². The molecule has 0 aliphatic heterocycles. The Morgan fingerprint density at radius 1 is 0.840 bits per heavy atom. The van der Waals surface area contributed by atoms with Gasteiger partial charge in [-0.15, -0.1) is 0 Å². The van der Waals surface area contributed by atoms with Gasteiger partial charge in [0.2, 0.25) is 0 Å². The van der Waals surface area contributed by atoms with Crippen LogP contribution < -0.4 is 10.1 Å². The highest BCUT2D eigenvalue weighted by molar-refractivity contribution is 6.30. The van der Waals surface area contributed by atoms with E-state index in [-0.39, 0.29) is 0 Å². The van der Waals surface area contributed by atoms with Gasteiger partial charge in [0.15, 0.2) is 0 Å². The Balaban J connectivity index is 1.62. The standard InChI is InChI=1S/C22H22ClNO/c1-2-17-9-13-21(14-10-17)24-15-19-5-3-4-6-22(19)25-16-18-7-11-20(23)12-8-18/h3-14,24H,2,15-16H2,1H3. The monoisotopic (exact) mass is 351 g/mol. The highest BCUT2D eigenvalue weighted by Gasteiger charge is 2.04. The second-order valence-corrected chi connectivity index (χ2v) is 6.36. The van der Waals surface area contributed by atoms with Gasteiger partial charge < -0.3 is 10.1 Å². The van der Waals surface area contributed by atoms with Crippen molar-refractivity contribution in [1.29, 1.82) is 0 Å². The first kappa shape index (κ1) is 17.4. The molecular formula is C22H22ClNO. The van der Waals surface area contributed by atoms with Crippen LogP contribution in [0.5, 0.6) is 5.75 Å². The molecule has 128 valence electrons. The number of anilines is 1. The van der Waals surface area contributed by atoms with Crippen LogP contribution in [0.15, 0.2) is 72.8 Å². The lowest BCUT2D eigenvalue weighted by Crippen LogP contribution is -2.03. The minimum atomic E-state index is 0.527. The molecule has 2 nitrogen and oxygen atoms in total. The van der Waals surface area contributed by atoms with Crippen molar-refractivity contribution < 1.29 is 4.74 Å². The van der Waals surface area contributed by atoms with E-state index < -0.39 is 0 Å². The Morgan fingerprint density at radius 2 is 1.52 bits per heavy atom. The molecule has 1 N–H and O–H groups in total. The zero-order chi connectivity index (χ0) is 17.5. The first-order chi connectivity index (χ1) is 12.2. The fourth-order valence-electron chi connectivity index (χ4n) is 2.59. The van der Waals surface area contributed by atoms with Gasteiger partial charge in [-0.1, -0.05) is 61.0 Å². The van der Waals surface area contributed by atoms with Crippen LogP contribution in [0.1, 0.15) is 23.6 Å². The molecule has 0 amide bonds. The maximum Gasteiger partial charge on any atom is 0.124 e. The maximum atomic E-state index is 6.00. The maximum absolute atomic E-state index is 6.00. The fraction of sp³-hybridized carbons (Fsp3) is 0.182. The van der Waals surface area contributed by atoms with Crippen LogP contribution in [0.4, 0.5) is 5.69 Å². The van der Waals surface area contributed by atoms with Gasteiger partial charge in [0.1, 0.15) is 12.4 Å². The van der Waals surface area contributed by atoms with Gasteiger partial charge in [-0.2, -0.15) is 0 Å². The molecule has 3 rings (SSSR count). The number of ether oxygens (including phenoxy) is 1. The van der Waals surface area contributed by atoms with Crippen molar-refractivity contribution in [3.05, 3.63) is 94.5 Å². The summed E-state index contributed by atoms with van der Waals surface area (Å²) in [5.74, 6) is 0.898. The minimum absolute atomic E-state index is 0.527. The number of hydrogen-bond acceptors (Lipinski definition) is 2. The first-order valence-corrected chi connectivity index (χ1v) is 8.90. The number of rotatable bonds is 7. The summed E-state index contributed by atoms with van der Waals surface area (Å²) >= 11 is 5.92. The molecule has 0 unspecified atom stereocenters. The third-order valence-corrected chi connectivity index (χ3v) is 4.38. The van der Waals surface area contributed by atoms with Crippen molar-refractivity contribution in [3.8, 4) is 5.75 Å². The summed E-state index contributed by atoms with van der Waals surface area (Å²) in [7, 11) is 0. The normalized spacial score (nSPS) is 10.5. The topological polar surface area (TPSA) is 21.3 Å². The van der Waals surface area contributed by atoms with Crippen molar-refractivity contribution in [2.24, 2.45) is 0 Å². The summed E-state index contributed by atoms with van der Waals surface area (Å²) < 4.78 is 6.00. The number of nitrogens with one attached hydrogen (secondary N) is 1. The van der Waals surface area contributed by atoms with Gasteiger partial charge in [-0.25, -0.2) is 0 Å². The summed E-state index contributed by atoms with van der Waals surface area (Å²) in [6, 6.07) is 24.4. The van der Waals surface area contributed by atoms with Crippen LogP contribution in [0.3, 0.4) is 0 Å². The van der Waals surface area contributed by atoms with Crippen LogP contribution in [-0.2, 0) is 19.6 Å². The van der Waals surface area contributed by atoms with E-state index in [1.54, 1.807) is 0 Å². The molecule has 0 heterocycles. The number of benzene rings is 3. The highest BCUT2D eigenvalue weighted by atomic mass is 35.5. The smallest absolute Gasteiger partial charge is 0.124 e. The molecule has 0 aromatic heterocycles. The van der Waals surface area contributed by atoms with Crippen LogP contribution in [0.25, 0.3) is 0 Å². The fourth-order valence-corrected chi connectivity index (χ4v) is 2.71. The molecule has 0 spiro atoms. The lowest BCUT2D eigenvalue weighted by atomic mass is 10.1. The Bertz CT molecular complexity index is 797. The number of hydrogen-bond donors (Lipinski definition) is 1. The Kier molecular flexibility index (Phi) is 5.97. The quantitative estimate of drug-likeness (QED) is 0.555. The largest absolute Gasteiger partial charge is 0.489 e. The van der Waals surface area contributed by atoms with E-state index >= 15 is 0 Å². The molecule has 3 heteroatoms. The summed E-state index contributed by atoms with van der Waals surface area (Å²) in [4.78, 5) is 0. The second kappa shape index (κ2) is 8.59. The first-order valence-electron chi connectivity index (χ1n) is 8.52. The van der Waals surface area contributed by atoms with E-state index in [0.717, 1.165) is 40.6 Å². The SMILES string of the molecule is CCc1ccc(NCc2ccccc2OCc2ccc(Cl)cc2)cc1. The molecule has 25 heavy (non-hydrogen) atoms. The molecule has 0 radical (unpaired) electrons. The van der Waals surface area contributed by atoms with Crippen molar-refractivity contribution >= 4 is 17.3 Å². The molecule has 0 bridgehead atoms. The molecular weight excluding hydrogens is 330 g/mol. The van der Waals surface area contributed by atoms with Gasteiger partial charge in [-0.3, -0.25) is 0 Å². The molecule has 3 aromatic rings. The van der Waals surface area contributed by atoms with Crippen LogP contribution >= 0.6 is 11.6 Å². The summed E-state index contributed by atoms with van der Waals surface area (Å²) in [6.45, 7) is 3.42. The molecule has 0 atom stereocenters. The average molecular weight is 352 g/mol. The summed E-state index contributed by atoms with van der Waals surface area (Å²) in [6.07, 6.45) is 1.06. The van der Waals surface area contributed by atoms with E-state index in [2.05, 4.69) is 42.6 Å².